The van der Waals surface area contributed by atoms with Crippen molar-refractivity contribution in [3.8, 4) is 0 Å². The Morgan fingerprint density at radius 2 is 2.21 bits per heavy atom. The highest BCUT2D eigenvalue weighted by Crippen LogP contribution is 2.35. The Bertz CT molecular complexity index is 429. The van der Waals surface area contributed by atoms with E-state index in [4.69, 9.17) is 20.3 Å². The number of nitrogens with zero attached hydrogens (tertiary/aromatic N) is 3. The van der Waals surface area contributed by atoms with Crippen LogP contribution >= 0.6 is 0 Å². The first-order chi connectivity index (χ1) is 8.84. The number of aliphatic hydroxyl groups is 4. The Hall–Kier alpha value is -1.50. The van der Waals surface area contributed by atoms with Gasteiger partial charge in [-0.15, -0.1) is 10.2 Å². The molecule has 11 nitrogen and oxygen atoms in total. The van der Waals surface area contributed by atoms with Crippen LogP contribution in [0, 0.1) is 0 Å². The van der Waals surface area contributed by atoms with Gasteiger partial charge in [0.05, 0.1) is 6.61 Å². The summed E-state index contributed by atoms with van der Waals surface area (Å²) in [4.78, 5) is 14.7. The molecule has 0 aromatic carbocycles. The molecule has 0 saturated carbocycles. The SMILES string of the molecule is NC(=O)C1(O[C@@]2(O)O[C@H](CO)[C@@H](O)[C@H]2O)N=CN=N1. The third-order valence-electron chi connectivity index (χ3n) is 2.67. The third kappa shape index (κ3) is 2.11. The minimum absolute atomic E-state index is 0.696. The fourth-order valence-corrected chi connectivity index (χ4v) is 1.65. The molecular weight excluding hydrogens is 264 g/mol. The predicted molar refractivity (Wildman–Crippen MR) is 55.3 cm³/mol. The number of amides is 1. The average Bonchev–Trinajstić information content (AvgIpc) is 2.90. The summed E-state index contributed by atoms with van der Waals surface area (Å²) in [7, 11) is 0. The first-order valence-electron chi connectivity index (χ1n) is 5.17. The molecule has 2 heterocycles. The fraction of sp³-hybridized carbons (Fsp3) is 0.750. The van der Waals surface area contributed by atoms with Crippen molar-refractivity contribution in [2.75, 3.05) is 6.61 Å². The molecule has 6 N–H and O–H groups in total. The Morgan fingerprint density at radius 1 is 1.53 bits per heavy atom. The normalized spacial score (nSPS) is 44.9. The van der Waals surface area contributed by atoms with Gasteiger partial charge >= 0.3 is 11.8 Å². The summed E-state index contributed by atoms with van der Waals surface area (Å²) >= 11 is 0. The minimum Gasteiger partial charge on any atom is -0.394 e. The van der Waals surface area contributed by atoms with Crippen LogP contribution in [0.1, 0.15) is 0 Å². The molecule has 0 bridgehead atoms. The second-order valence-corrected chi connectivity index (χ2v) is 3.94. The van der Waals surface area contributed by atoms with E-state index >= 15 is 0 Å². The first kappa shape index (κ1) is 13.9. The Labute approximate surface area is 106 Å². The van der Waals surface area contributed by atoms with Gasteiger partial charge in [0, 0.05) is 0 Å². The topological polar surface area (TPSA) is 180 Å². The smallest absolute Gasteiger partial charge is 0.362 e. The van der Waals surface area contributed by atoms with E-state index in [0.29, 0.717) is 0 Å². The van der Waals surface area contributed by atoms with Gasteiger partial charge in [0.15, 0.2) is 6.10 Å². The standard InChI is InChI=1S/C8H12N4O7/c9-6(16)7(10-2-11-12-7)19-8(17)5(15)4(14)3(1-13)18-8/h2-5,13-15,17H,1H2,(H2,9,16)/t3-,4-,5-,7?,8+/m1/s1. The van der Waals surface area contributed by atoms with Gasteiger partial charge in [-0.25, -0.2) is 4.99 Å². The van der Waals surface area contributed by atoms with Gasteiger partial charge in [0.25, 0.3) is 5.91 Å². The van der Waals surface area contributed by atoms with Crippen LogP contribution in [0.15, 0.2) is 15.2 Å². The molecule has 2 aliphatic heterocycles. The van der Waals surface area contributed by atoms with Crippen LogP contribution in [0.5, 0.6) is 0 Å². The maximum absolute atomic E-state index is 11.3. The maximum Gasteiger partial charge on any atom is 0.362 e. The Kier molecular flexibility index (Phi) is 3.34. The summed E-state index contributed by atoms with van der Waals surface area (Å²) in [5.41, 5.74) is 5.03. The maximum atomic E-state index is 11.3. The van der Waals surface area contributed by atoms with Crippen molar-refractivity contribution in [2.45, 2.75) is 30.1 Å². The molecule has 1 saturated heterocycles. The second-order valence-electron chi connectivity index (χ2n) is 3.94. The molecule has 0 aromatic heterocycles. The van der Waals surface area contributed by atoms with Crippen molar-refractivity contribution < 1.29 is 34.7 Å². The molecule has 0 radical (unpaired) electrons. The minimum atomic E-state index is -2.82. The number of hydrogen-bond acceptors (Lipinski definition) is 10. The van der Waals surface area contributed by atoms with E-state index in [1.54, 1.807) is 0 Å². The molecule has 2 rings (SSSR count). The van der Waals surface area contributed by atoms with Crippen molar-refractivity contribution in [1.82, 2.24) is 0 Å². The van der Waals surface area contributed by atoms with Gasteiger partial charge < -0.3 is 30.9 Å². The van der Waals surface area contributed by atoms with Crippen LogP contribution in [-0.2, 0) is 14.3 Å². The molecule has 1 fully saturated rings. The van der Waals surface area contributed by atoms with Crippen molar-refractivity contribution >= 4 is 12.2 Å². The van der Waals surface area contributed by atoms with E-state index < -0.39 is 42.6 Å². The molecular formula is C8H12N4O7. The van der Waals surface area contributed by atoms with Crippen LogP contribution < -0.4 is 5.73 Å². The van der Waals surface area contributed by atoms with Gasteiger partial charge in [-0.1, -0.05) is 0 Å². The van der Waals surface area contributed by atoms with Crippen molar-refractivity contribution in [2.24, 2.45) is 21.0 Å². The summed E-state index contributed by atoms with van der Waals surface area (Å²) in [6.45, 7) is -0.696. The Balaban J connectivity index is 2.25. The molecule has 11 heteroatoms. The molecule has 1 amide bonds. The van der Waals surface area contributed by atoms with E-state index in [2.05, 4.69) is 15.2 Å². The van der Waals surface area contributed by atoms with E-state index in [1.807, 2.05) is 0 Å². The first-order valence-corrected chi connectivity index (χ1v) is 5.17. The van der Waals surface area contributed by atoms with Gasteiger partial charge in [0.2, 0.25) is 0 Å². The van der Waals surface area contributed by atoms with Crippen LogP contribution in [0.4, 0.5) is 0 Å². The number of ether oxygens (including phenoxy) is 2. The van der Waals surface area contributed by atoms with Gasteiger partial charge in [0.1, 0.15) is 18.5 Å². The van der Waals surface area contributed by atoms with E-state index in [1.165, 1.54) is 0 Å². The van der Waals surface area contributed by atoms with Crippen molar-refractivity contribution in [1.29, 1.82) is 0 Å². The summed E-state index contributed by atoms with van der Waals surface area (Å²) in [5.74, 6) is -6.42. The third-order valence-corrected chi connectivity index (χ3v) is 2.67. The number of aliphatic hydroxyl groups excluding tert-OH is 3. The fourth-order valence-electron chi connectivity index (χ4n) is 1.65. The molecule has 106 valence electrons. The molecule has 0 spiro atoms. The summed E-state index contributed by atoms with van der Waals surface area (Å²) in [6, 6.07) is 0. The van der Waals surface area contributed by atoms with Gasteiger partial charge in [-0.2, -0.15) is 0 Å². The number of carbonyl (C=O) groups is 1. The zero-order valence-electron chi connectivity index (χ0n) is 9.45. The molecule has 2 aliphatic rings. The lowest BCUT2D eigenvalue weighted by atomic mass is 10.1. The van der Waals surface area contributed by atoms with Crippen LogP contribution in [-0.4, -0.2) is 69.4 Å². The molecule has 1 unspecified atom stereocenters. The van der Waals surface area contributed by atoms with E-state index in [9.17, 15) is 20.1 Å². The van der Waals surface area contributed by atoms with Gasteiger partial charge in [-0.3, -0.25) is 9.53 Å². The average molecular weight is 276 g/mol. The number of azo groups is 1. The number of primary amides is 1. The van der Waals surface area contributed by atoms with Gasteiger partial charge in [-0.05, 0) is 0 Å². The largest absolute Gasteiger partial charge is 0.394 e. The molecule has 0 aliphatic carbocycles. The predicted octanol–water partition coefficient (Wildman–Crippen LogP) is -3.60. The summed E-state index contributed by atoms with van der Waals surface area (Å²) < 4.78 is 9.56. The monoisotopic (exact) mass is 276 g/mol. The lowest BCUT2D eigenvalue weighted by molar-refractivity contribution is -0.400. The summed E-state index contributed by atoms with van der Waals surface area (Å²) in [6.07, 6.45) is -4.06. The number of nitrogens with two attached hydrogens (primary N) is 1. The van der Waals surface area contributed by atoms with Crippen molar-refractivity contribution in [3.63, 3.8) is 0 Å². The lowest BCUT2D eigenvalue weighted by Gasteiger charge is -2.30. The molecule has 5 atom stereocenters. The highest BCUT2D eigenvalue weighted by molar-refractivity contribution is 5.85. The van der Waals surface area contributed by atoms with E-state index in [0.717, 1.165) is 6.34 Å². The zero-order chi connectivity index (χ0) is 14.3. The quantitative estimate of drug-likeness (QED) is 0.329. The molecule has 19 heavy (non-hydrogen) atoms. The number of rotatable bonds is 4. The number of hydrogen-bond donors (Lipinski definition) is 5. The van der Waals surface area contributed by atoms with E-state index in [-0.39, 0.29) is 0 Å². The highest BCUT2D eigenvalue weighted by atomic mass is 16.9. The summed E-state index contributed by atoms with van der Waals surface area (Å²) in [5, 5.41) is 44.6. The molecule has 0 aromatic rings. The number of carbonyl (C=O) groups excluding carboxylic acids is 1. The highest BCUT2D eigenvalue weighted by Gasteiger charge is 2.60. The number of aliphatic imine (C=N–C) groups is 1. The Morgan fingerprint density at radius 3 is 2.63 bits per heavy atom. The van der Waals surface area contributed by atoms with Crippen LogP contribution in [0.25, 0.3) is 0 Å². The lowest BCUT2D eigenvalue weighted by Crippen LogP contribution is -2.54. The van der Waals surface area contributed by atoms with Crippen LogP contribution in [0.3, 0.4) is 0 Å². The van der Waals surface area contributed by atoms with Crippen LogP contribution in [0.2, 0.25) is 0 Å². The van der Waals surface area contributed by atoms with Crippen molar-refractivity contribution in [3.05, 3.63) is 0 Å². The zero-order valence-corrected chi connectivity index (χ0v) is 9.45. The second kappa shape index (κ2) is 4.56.